The second-order valence-electron chi connectivity index (χ2n) is 3.88. The Morgan fingerprint density at radius 2 is 2.10 bits per heavy atom. The van der Waals surface area contributed by atoms with E-state index >= 15 is 0 Å². The van der Waals surface area contributed by atoms with Crippen molar-refractivity contribution in [2.75, 3.05) is 18.1 Å². The molecule has 0 saturated heterocycles. The van der Waals surface area contributed by atoms with E-state index in [4.69, 9.17) is 27.8 Å². The van der Waals surface area contributed by atoms with Crippen molar-refractivity contribution >= 4 is 23.4 Å². The first kappa shape index (κ1) is 13.9. The van der Waals surface area contributed by atoms with Crippen LogP contribution in [0, 0.1) is 11.3 Å². The minimum absolute atomic E-state index is 0.0149. The van der Waals surface area contributed by atoms with Gasteiger partial charge in [-0.2, -0.15) is 10.2 Å². The lowest BCUT2D eigenvalue weighted by atomic mass is 10.1. The zero-order chi connectivity index (χ0) is 14.7. The van der Waals surface area contributed by atoms with Gasteiger partial charge in [0.1, 0.15) is 23.2 Å². The molecule has 0 aliphatic heterocycles. The van der Waals surface area contributed by atoms with Gasteiger partial charge in [-0.25, -0.2) is 4.98 Å². The molecule has 0 bridgehead atoms. The van der Waals surface area contributed by atoms with Gasteiger partial charge in [-0.05, 0) is 25.1 Å². The summed E-state index contributed by atoms with van der Waals surface area (Å²) >= 11 is 6.00. The standard InChI is InChI=1S/C13H12ClN5O/c1-2-20-10-4-3-7(14)5-8(10)11-9(6-15)12(16)19-13(17)18-11/h3-5H,2H2,1H3,(H4,16,17,18,19). The van der Waals surface area contributed by atoms with Crippen LogP contribution in [-0.2, 0) is 0 Å². The van der Waals surface area contributed by atoms with Gasteiger partial charge in [-0.15, -0.1) is 0 Å². The van der Waals surface area contributed by atoms with Gasteiger partial charge in [-0.1, -0.05) is 11.6 Å². The molecule has 0 spiro atoms. The van der Waals surface area contributed by atoms with Gasteiger partial charge in [0.05, 0.1) is 12.3 Å². The summed E-state index contributed by atoms with van der Waals surface area (Å²) in [6.45, 7) is 2.32. The van der Waals surface area contributed by atoms with E-state index in [2.05, 4.69) is 9.97 Å². The number of aromatic nitrogens is 2. The third kappa shape index (κ3) is 2.58. The third-order valence-electron chi connectivity index (χ3n) is 2.56. The number of rotatable bonds is 3. The first-order chi connectivity index (χ1) is 9.56. The fourth-order valence-electron chi connectivity index (χ4n) is 1.77. The highest BCUT2D eigenvalue weighted by Crippen LogP contribution is 2.35. The van der Waals surface area contributed by atoms with Crippen molar-refractivity contribution in [3.8, 4) is 23.1 Å². The Kier molecular flexibility index (Phi) is 3.91. The van der Waals surface area contributed by atoms with Gasteiger partial charge in [-0.3, -0.25) is 0 Å². The Morgan fingerprint density at radius 1 is 1.35 bits per heavy atom. The quantitative estimate of drug-likeness (QED) is 0.896. The SMILES string of the molecule is CCOc1ccc(Cl)cc1-c1nc(N)nc(N)c1C#N. The smallest absolute Gasteiger partial charge is 0.222 e. The Labute approximate surface area is 121 Å². The van der Waals surface area contributed by atoms with E-state index in [1.165, 1.54) is 0 Å². The molecule has 0 amide bonds. The lowest BCUT2D eigenvalue weighted by Crippen LogP contribution is -2.06. The molecule has 1 aromatic heterocycles. The zero-order valence-electron chi connectivity index (χ0n) is 10.7. The minimum atomic E-state index is -0.0149. The molecule has 1 heterocycles. The largest absolute Gasteiger partial charge is 0.493 e. The second-order valence-corrected chi connectivity index (χ2v) is 4.31. The van der Waals surface area contributed by atoms with Gasteiger partial charge in [0.15, 0.2) is 0 Å². The number of hydrogen-bond acceptors (Lipinski definition) is 6. The number of nitrogens with zero attached hydrogens (tertiary/aromatic N) is 3. The molecule has 2 rings (SSSR count). The van der Waals surface area contributed by atoms with Crippen LogP contribution in [-0.4, -0.2) is 16.6 Å². The van der Waals surface area contributed by atoms with Crippen LogP contribution in [0.25, 0.3) is 11.3 Å². The first-order valence-electron chi connectivity index (χ1n) is 5.82. The van der Waals surface area contributed by atoms with Crippen LogP contribution in [0.15, 0.2) is 18.2 Å². The molecule has 0 fully saturated rings. The van der Waals surface area contributed by atoms with Crippen molar-refractivity contribution in [3.05, 3.63) is 28.8 Å². The highest BCUT2D eigenvalue weighted by atomic mass is 35.5. The van der Waals surface area contributed by atoms with E-state index in [0.29, 0.717) is 28.6 Å². The molecule has 20 heavy (non-hydrogen) atoms. The molecule has 7 heteroatoms. The molecule has 0 aliphatic carbocycles. The summed E-state index contributed by atoms with van der Waals surface area (Å²) in [5, 5.41) is 9.71. The van der Waals surface area contributed by atoms with Crippen LogP contribution >= 0.6 is 11.6 Å². The summed E-state index contributed by atoms with van der Waals surface area (Å²) < 4.78 is 5.52. The van der Waals surface area contributed by atoms with Gasteiger partial charge in [0.2, 0.25) is 5.95 Å². The Balaban J connectivity index is 2.74. The maximum atomic E-state index is 9.22. The van der Waals surface area contributed by atoms with Crippen LogP contribution in [0.2, 0.25) is 5.02 Å². The highest BCUT2D eigenvalue weighted by molar-refractivity contribution is 6.31. The topological polar surface area (TPSA) is 111 Å². The van der Waals surface area contributed by atoms with Crippen molar-refractivity contribution < 1.29 is 4.74 Å². The summed E-state index contributed by atoms with van der Waals surface area (Å²) in [5.41, 5.74) is 12.3. The molecule has 0 aliphatic rings. The summed E-state index contributed by atoms with van der Waals surface area (Å²) in [6.07, 6.45) is 0. The van der Waals surface area contributed by atoms with Gasteiger partial charge in [0, 0.05) is 10.6 Å². The van der Waals surface area contributed by atoms with Crippen LogP contribution in [0.4, 0.5) is 11.8 Å². The van der Waals surface area contributed by atoms with Crippen LogP contribution < -0.4 is 16.2 Å². The summed E-state index contributed by atoms with van der Waals surface area (Å²) in [4.78, 5) is 7.86. The van der Waals surface area contributed by atoms with Crippen LogP contribution in [0.5, 0.6) is 5.75 Å². The third-order valence-corrected chi connectivity index (χ3v) is 2.80. The van der Waals surface area contributed by atoms with Gasteiger partial charge < -0.3 is 16.2 Å². The van der Waals surface area contributed by atoms with Crippen LogP contribution in [0.1, 0.15) is 12.5 Å². The Bertz CT molecular complexity index is 696. The number of benzene rings is 1. The van der Waals surface area contributed by atoms with E-state index in [1.54, 1.807) is 18.2 Å². The van der Waals surface area contributed by atoms with Gasteiger partial charge >= 0.3 is 0 Å². The molecule has 4 N–H and O–H groups in total. The van der Waals surface area contributed by atoms with E-state index in [1.807, 2.05) is 13.0 Å². The second kappa shape index (κ2) is 5.63. The number of anilines is 2. The van der Waals surface area contributed by atoms with Crippen molar-refractivity contribution in [1.82, 2.24) is 9.97 Å². The number of hydrogen-bond donors (Lipinski definition) is 2. The monoisotopic (exact) mass is 289 g/mol. The molecule has 0 saturated carbocycles. The first-order valence-corrected chi connectivity index (χ1v) is 6.20. The fraction of sp³-hybridized carbons (Fsp3) is 0.154. The van der Waals surface area contributed by atoms with Crippen molar-refractivity contribution in [3.63, 3.8) is 0 Å². The average molecular weight is 290 g/mol. The van der Waals surface area contributed by atoms with E-state index < -0.39 is 0 Å². The molecule has 0 unspecified atom stereocenters. The number of nitrogens with two attached hydrogens (primary N) is 2. The molecular weight excluding hydrogens is 278 g/mol. The summed E-state index contributed by atoms with van der Waals surface area (Å²) in [6, 6.07) is 7.02. The van der Waals surface area contributed by atoms with Crippen molar-refractivity contribution in [2.24, 2.45) is 0 Å². The molecular formula is C13H12ClN5O. The Morgan fingerprint density at radius 3 is 2.75 bits per heavy atom. The van der Waals surface area contributed by atoms with E-state index in [9.17, 15) is 5.26 Å². The van der Waals surface area contributed by atoms with Crippen molar-refractivity contribution in [1.29, 1.82) is 5.26 Å². The van der Waals surface area contributed by atoms with Crippen LogP contribution in [0.3, 0.4) is 0 Å². The fourth-order valence-corrected chi connectivity index (χ4v) is 1.94. The number of nitriles is 1. The molecule has 6 nitrogen and oxygen atoms in total. The Hall–Kier alpha value is -2.52. The molecule has 0 atom stereocenters. The predicted octanol–water partition coefficient (Wildman–Crippen LogP) is 2.23. The van der Waals surface area contributed by atoms with E-state index in [0.717, 1.165) is 0 Å². The van der Waals surface area contributed by atoms with E-state index in [-0.39, 0.29) is 17.3 Å². The van der Waals surface area contributed by atoms with Gasteiger partial charge in [0.25, 0.3) is 0 Å². The lowest BCUT2D eigenvalue weighted by molar-refractivity contribution is 0.341. The lowest BCUT2D eigenvalue weighted by Gasteiger charge is -2.12. The maximum absolute atomic E-state index is 9.22. The maximum Gasteiger partial charge on any atom is 0.222 e. The number of ether oxygens (including phenoxy) is 1. The summed E-state index contributed by atoms with van der Waals surface area (Å²) in [7, 11) is 0. The normalized spacial score (nSPS) is 10.1. The number of halogens is 1. The summed E-state index contributed by atoms with van der Waals surface area (Å²) in [5.74, 6) is 0.558. The molecule has 2 aromatic rings. The highest BCUT2D eigenvalue weighted by Gasteiger charge is 2.17. The predicted molar refractivity (Wildman–Crippen MR) is 77.2 cm³/mol. The van der Waals surface area contributed by atoms with Crippen molar-refractivity contribution in [2.45, 2.75) is 6.92 Å². The average Bonchev–Trinajstić information content (AvgIpc) is 2.40. The minimum Gasteiger partial charge on any atom is -0.493 e. The number of nitrogen functional groups attached to an aromatic ring is 2. The molecule has 1 aromatic carbocycles. The zero-order valence-corrected chi connectivity index (χ0v) is 11.5. The molecule has 0 radical (unpaired) electrons. The molecule has 102 valence electrons.